The Kier molecular flexibility index (Phi) is 6.23. The van der Waals surface area contributed by atoms with Crippen molar-refractivity contribution in [2.24, 2.45) is 5.92 Å². The molecule has 1 fully saturated rings. The highest BCUT2D eigenvalue weighted by atomic mass is 16.2. The summed E-state index contributed by atoms with van der Waals surface area (Å²) in [5.74, 6) is 0.914. The normalized spacial score (nSPS) is 13.2. The van der Waals surface area contributed by atoms with Gasteiger partial charge in [0, 0.05) is 18.7 Å². The maximum absolute atomic E-state index is 13.7. The molecule has 0 unspecified atom stereocenters. The van der Waals surface area contributed by atoms with Gasteiger partial charge in [0.25, 0.3) is 5.56 Å². The van der Waals surface area contributed by atoms with Crippen LogP contribution >= 0.6 is 0 Å². The van der Waals surface area contributed by atoms with Crippen molar-refractivity contribution < 1.29 is 4.79 Å². The summed E-state index contributed by atoms with van der Waals surface area (Å²) in [6, 6.07) is 23.6. The lowest BCUT2D eigenvalue weighted by molar-refractivity contribution is -0.121. The Morgan fingerprint density at radius 2 is 1.74 bits per heavy atom. The molecule has 172 valence electrons. The molecule has 4 aromatic rings. The molecular weight excluding hydrogens is 424 g/mol. The monoisotopic (exact) mass is 452 g/mol. The summed E-state index contributed by atoms with van der Waals surface area (Å²) in [4.78, 5) is 31.2. The van der Waals surface area contributed by atoms with Crippen LogP contribution in [0.25, 0.3) is 33.4 Å². The fourth-order valence-electron chi connectivity index (χ4n) is 4.20. The first-order chi connectivity index (χ1) is 16.6. The number of fused-ring (bicyclic) bond motifs is 1. The number of carbonyl (C=O) groups is 1. The van der Waals surface area contributed by atoms with Crippen LogP contribution in [0.15, 0.2) is 77.6 Å². The molecule has 1 amide bonds. The maximum Gasteiger partial charge on any atom is 0.262 e. The van der Waals surface area contributed by atoms with Crippen molar-refractivity contribution in [3.63, 3.8) is 0 Å². The summed E-state index contributed by atoms with van der Waals surface area (Å²) in [7, 11) is 1.92. The minimum atomic E-state index is -0.210. The highest BCUT2D eigenvalue weighted by Gasteiger charge is 2.22. The number of benzene rings is 3. The zero-order chi connectivity index (χ0) is 23.5. The van der Waals surface area contributed by atoms with Gasteiger partial charge in [-0.15, -0.1) is 0 Å². The first-order valence-corrected chi connectivity index (χ1v) is 11.7. The van der Waals surface area contributed by atoms with Crippen molar-refractivity contribution in [3.8, 4) is 22.5 Å². The molecule has 34 heavy (non-hydrogen) atoms. The van der Waals surface area contributed by atoms with Crippen molar-refractivity contribution >= 4 is 16.8 Å². The molecule has 0 atom stereocenters. The summed E-state index contributed by atoms with van der Waals surface area (Å²) in [6.07, 6.45) is 2.32. The SMILES string of the molecule is CNCc1cccc(-c2ccc3nc(-c4ccccc4)n(CC(=O)NCC4CC4)c(=O)c3c2)c1. The number of aromatic nitrogens is 2. The van der Waals surface area contributed by atoms with Gasteiger partial charge in [0.05, 0.1) is 10.9 Å². The van der Waals surface area contributed by atoms with E-state index in [2.05, 4.69) is 22.8 Å². The molecule has 6 heteroatoms. The smallest absolute Gasteiger partial charge is 0.262 e. The molecule has 3 aromatic carbocycles. The van der Waals surface area contributed by atoms with Gasteiger partial charge >= 0.3 is 0 Å². The van der Waals surface area contributed by atoms with Gasteiger partial charge in [-0.3, -0.25) is 14.2 Å². The first kappa shape index (κ1) is 22.0. The minimum absolute atomic E-state index is 0.0550. The Morgan fingerprint density at radius 3 is 2.50 bits per heavy atom. The lowest BCUT2D eigenvalue weighted by atomic mass is 10.0. The summed E-state index contributed by atoms with van der Waals surface area (Å²) in [5.41, 5.74) is 4.37. The van der Waals surface area contributed by atoms with Gasteiger partial charge in [0.15, 0.2) is 0 Å². The lowest BCUT2D eigenvalue weighted by Gasteiger charge is -2.14. The number of hydrogen-bond donors (Lipinski definition) is 2. The van der Waals surface area contributed by atoms with E-state index in [1.54, 1.807) is 0 Å². The van der Waals surface area contributed by atoms with Gasteiger partial charge in [-0.1, -0.05) is 54.6 Å². The Morgan fingerprint density at radius 1 is 0.971 bits per heavy atom. The number of nitrogens with one attached hydrogen (secondary N) is 2. The Balaban J connectivity index is 1.59. The van der Waals surface area contributed by atoms with E-state index in [9.17, 15) is 9.59 Å². The second-order valence-corrected chi connectivity index (χ2v) is 8.90. The molecule has 0 bridgehead atoms. The fourth-order valence-corrected chi connectivity index (χ4v) is 4.20. The van der Waals surface area contributed by atoms with E-state index in [1.165, 1.54) is 10.1 Å². The molecule has 0 aliphatic heterocycles. The molecular formula is C28H28N4O2. The molecule has 5 rings (SSSR count). The van der Waals surface area contributed by atoms with Gasteiger partial charge < -0.3 is 10.6 Å². The average molecular weight is 453 g/mol. The van der Waals surface area contributed by atoms with Crippen LogP contribution in [0.4, 0.5) is 0 Å². The molecule has 1 saturated carbocycles. The molecule has 0 spiro atoms. The van der Waals surface area contributed by atoms with Crippen molar-refractivity contribution in [1.29, 1.82) is 0 Å². The quantitative estimate of drug-likeness (QED) is 0.424. The molecule has 6 nitrogen and oxygen atoms in total. The van der Waals surface area contributed by atoms with Crippen LogP contribution in [0.1, 0.15) is 18.4 Å². The van der Waals surface area contributed by atoms with E-state index < -0.39 is 0 Å². The largest absolute Gasteiger partial charge is 0.354 e. The van der Waals surface area contributed by atoms with Crippen LogP contribution in [0.3, 0.4) is 0 Å². The van der Waals surface area contributed by atoms with Crippen LogP contribution in [0.2, 0.25) is 0 Å². The summed E-state index contributed by atoms with van der Waals surface area (Å²) in [5, 5.41) is 6.64. The molecule has 2 N–H and O–H groups in total. The number of nitrogens with zero attached hydrogens (tertiary/aromatic N) is 2. The third-order valence-electron chi connectivity index (χ3n) is 6.21. The second kappa shape index (κ2) is 9.61. The highest BCUT2D eigenvalue weighted by Crippen LogP contribution is 2.28. The van der Waals surface area contributed by atoms with Crippen molar-refractivity contribution in [3.05, 3.63) is 88.7 Å². The van der Waals surface area contributed by atoms with Crippen LogP contribution in [-0.4, -0.2) is 29.1 Å². The van der Waals surface area contributed by atoms with Gasteiger partial charge in [0.2, 0.25) is 5.91 Å². The molecule has 1 aromatic heterocycles. The molecule has 1 heterocycles. The third kappa shape index (κ3) is 4.77. The van der Waals surface area contributed by atoms with E-state index in [-0.39, 0.29) is 18.0 Å². The van der Waals surface area contributed by atoms with Crippen molar-refractivity contribution in [2.75, 3.05) is 13.6 Å². The minimum Gasteiger partial charge on any atom is -0.354 e. The van der Waals surface area contributed by atoms with E-state index in [0.717, 1.165) is 36.1 Å². The Hall–Kier alpha value is -3.77. The van der Waals surface area contributed by atoms with E-state index >= 15 is 0 Å². The Bertz CT molecular complexity index is 1390. The third-order valence-corrected chi connectivity index (χ3v) is 6.21. The number of carbonyl (C=O) groups excluding carboxylic acids is 1. The molecule has 1 aliphatic carbocycles. The van der Waals surface area contributed by atoms with Gasteiger partial charge in [-0.25, -0.2) is 4.98 Å². The number of rotatable bonds is 8. The zero-order valence-corrected chi connectivity index (χ0v) is 19.3. The van der Waals surface area contributed by atoms with E-state index in [1.807, 2.05) is 67.7 Å². The first-order valence-electron chi connectivity index (χ1n) is 11.7. The number of hydrogen-bond acceptors (Lipinski definition) is 4. The van der Waals surface area contributed by atoms with Crippen molar-refractivity contribution in [2.45, 2.75) is 25.9 Å². The zero-order valence-electron chi connectivity index (χ0n) is 19.3. The van der Waals surface area contributed by atoms with Gasteiger partial charge in [-0.05, 0) is 60.7 Å². The fraction of sp³-hybridized carbons (Fsp3) is 0.250. The number of amides is 1. The van der Waals surface area contributed by atoms with E-state index in [4.69, 9.17) is 4.98 Å². The van der Waals surface area contributed by atoms with Crippen LogP contribution in [0, 0.1) is 5.92 Å². The highest BCUT2D eigenvalue weighted by molar-refractivity contribution is 5.86. The Labute approximate surface area is 198 Å². The van der Waals surface area contributed by atoms with Gasteiger partial charge in [-0.2, -0.15) is 0 Å². The van der Waals surface area contributed by atoms with E-state index in [0.29, 0.717) is 29.2 Å². The van der Waals surface area contributed by atoms with Crippen LogP contribution < -0.4 is 16.2 Å². The molecule has 0 radical (unpaired) electrons. The maximum atomic E-state index is 13.7. The second-order valence-electron chi connectivity index (χ2n) is 8.90. The topological polar surface area (TPSA) is 76.0 Å². The predicted octanol–water partition coefficient (Wildman–Crippen LogP) is 3.98. The standard InChI is InChI=1S/C28H28N4O2/c1-29-16-20-6-5-9-22(14-20)23-12-13-25-24(15-23)28(34)32(18-26(33)30-17-19-10-11-19)27(31-25)21-7-3-2-4-8-21/h2-9,12-15,19,29H,10-11,16-18H2,1H3,(H,30,33). The summed E-state index contributed by atoms with van der Waals surface area (Å²) < 4.78 is 1.50. The van der Waals surface area contributed by atoms with Crippen LogP contribution in [-0.2, 0) is 17.9 Å². The average Bonchev–Trinajstić information content (AvgIpc) is 3.70. The molecule has 0 saturated heterocycles. The predicted molar refractivity (Wildman–Crippen MR) is 135 cm³/mol. The van der Waals surface area contributed by atoms with Crippen molar-refractivity contribution in [1.82, 2.24) is 20.2 Å². The van der Waals surface area contributed by atoms with Gasteiger partial charge in [0.1, 0.15) is 12.4 Å². The van der Waals surface area contributed by atoms with Crippen LogP contribution in [0.5, 0.6) is 0 Å². The lowest BCUT2D eigenvalue weighted by Crippen LogP contribution is -2.34. The summed E-state index contributed by atoms with van der Waals surface area (Å²) in [6.45, 7) is 1.38. The molecule has 1 aliphatic rings. The summed E-state index contributed by atoms with van der Waals surface area (Å²) >= 11 is 0.